The fraction of sp³-hybridized carbons (Fsp3) is 0.467. The van der Waals surface area contributed by atoms with Gasteiger partial charge in [0.2, 0.25) is 11.2 Å². The van der Waals surface area contributed by atoms with E-state index in [4.69, 9.17) is 4.74 Å². The van der Waals surface area contributed by atoms with Gasteiger partial charge < -0.3 is 19.4 Å². The fourth-order valence-corrected chi connectivity index (χ4v) is 5.63. The van der Waals surface area contributed by atoms with Crippen molar-refractivity contribution in [3.05, 3.63) is 26.6 Å². The monoisotopic (exact) mass is 366 g/mol. The molecule has 7 nitrogen and oxygen atoms in total. The second kappa shape index (κ2) is 5.89. The third-order valence-corrected chi connectivity index (χ3v) is 6.73. The average Bonchev–Trinajstić information content (AvgIpc) is 3.27. The number of ether oxygens (including phenoxy) is 1. The summed E-state index contributed by atoms with van der Waals surface area (Å²) in [5.41, 5.74) is 0.828. The predicted molar refractivity (Wildman–Crippen MR) is 93.5 cm³/mol. The smallest absolute Gasteiger partial charge is 0.337 e. The molecule has 0 aromatic carbocycles. The molecule has 0 radical (unpaired) electrons. The summed E-state index contributed by atoms with van der Waals surface area (Å²) in [6.07, 6.45) is 2.94. The lowest BCUT2D eigenvalue weighted by Crippen LogP contribution is -2.41. The summed E-state index contributed by atoms with van der Waals surface area (Å²) in [6.45, 7) is 0.463. The van der Waals surface area contributed by atoms with Gasteiger partial charge in [0, 0.05) is 17.2 Å². The number of methoxy groups -OCH3 is 1. The minimum absolute atomic E-state index is 0.0174. The van der Waals surface area contributed by atoms with E-state index < -0.39 is 11.3 Å². The lowest BCUT2D eigenvalue weighted by Gasteiger charge is -2.17. The molecule has 3 heterocycles. The number of nitrogens with one attached hydrogen (secondary N) is 1. The second-order valence-electron chi connectivity index (χ2n) is 5.72. The van der Waals surface area contributed by atoms with Crippen molar-refractivity contribution in [1.82, 2.24) is 14.9 Å². The summed E-state index contributed by atoms with van der Waals surface area (Å²) in [6, 6.07) is 0. The molecule has 0 spiro atoms. The number of thioether (sulfide) groups is 1. The van der Waals surface area contributed by atoms with Gasteiger partial charge in [0.25, 0.3) is 11.5 Å². The third-order valence-electron chi connectivity index (χ3n) is 4.35. The van der Waals surface area contributed by atoms with Crippen molar-refractivity contribution in [3.63, 3.8) is 0 Å². The highest BCUT2D eigenvalue weighted by atomic mass is 32.2. The van der Waals surface area contributed by atoms with Gasteiger partial charge in [-0.1, -0.05) is 0 Å². The number of H-pyrrole nitrogens is 1. The van der Waals surface area contributed by atoms with Gasteiger partial charge in [-0.3, -0.25) is 9.59 Å². The Morgan fingerprint density at radius 1 is 1.46 bits per heavy atom. The lowest BCUT2D eigenvalue weighted by atomic mass is 10.2. The van der Waals surface area contributed by atoms with Crippen LogP contribution in [0.15, 0.2) is 4.79 Å². The van der Waals surface area contributed by atoms with Crippen LogP contribution >= 0.6 is 23.1 Å². The van der Waals surface area contributed by atoms with Crippen molar-refractivity contribution in [1.29, 1.82) is 0 Å². The number of aromatic nitrogens is 2. The van der Waals surface area contributed by atoms with Crippen LogP contribution < -0.4 is 5.56 Å². The number of nitrogens with zero attached hydrogens (tertiary/aromatic N) is 2. The highest BCUT2D eigenvalue weighted by Crippen LogP contribution is 2.34. The van der Waals surface area contributed by atoms with Crippen LogP contribution in [0, 0.1) is 0 Å². The second-order valence-corrected chi connectivity index (χ2v) is 7.99. The molecule has 0 saturated carbocycles. The van der Waals surface area contributed by atoms with Crippen molar-refractivity contribution in [3.8, 4) is 0 Å². The molecule has 1 unspecified atom stereocenters. The van der Waals surface area contributed by atoms with E-state index in [1.165, 1.54) is 40.0 Å². The van der Waals surface area contributed by atoms with E-state index in [9.17, 15) is 14.4 Å². The number of rotatable bonds is 2. The maximum absolute atomic E-state index is 12.8. The molecule has 2 N–H and O–H groups in total. The van der Waals surface area contributed by atoms with Crippen LogP contribution in [0.25, 0.3) is 10.2 Å². The molecule has 1 atom stereocenters. The Hall–Kier alpha value is -1.87. The number of amides is 1. The summed E-state index contributed by atoms with van der Waals surface area (Å²) < 4.78 is 4.85. The number of carbonyl (C=O) groups is 1. The third kappa shape index (κ3) is 2.34. The number of hydrogen-bond acceptors (Lipinski definition) is 6. The number of carbonyl (C=O) groups excluding carboxylic acids is 2. The van der Waals surface area contributed by atoms with Crippen molar-refractivity contribution < 1.29 is 14.3 Å². The molecular formula is C15H16N3O4S2+. The number of aromatic amines is 1. The number of esters is 1. The molecule has 4 rings (SSSR count). The van der Waals surface area contributed by atoms with Gasteiger partial charge in [0.05, 0.1) is 5.39 Å². The predicted octanol–water partition coefficient (Wildman–Crippen LogP) is 1.14. The van der Waals surface area contributed by atoms with E-state index in [-0.39, 0.29) is 17.4 Å². The van der Waals surface area contributed by atoms with Crippen LogP contribution in [-0.2, 0) is 17.6 Å². The number of thiophene rings is 1. The zero-order chi connectivity index (χ0) is 16.8. The molecule has 2 aromatic heterocycles. The van der Waals surface area contributed by atoms with Crippen molar-refractivity contribution >= 4 is 45.2 Å². The van der Waals surface area contributed by atoms with E-state index >= 15 is 0 Å². The van der Waals surface area contributed by atoms with Crippen LogP contribution in [0.1, 0.15) is 27.5 Å². The minimum atomic E-state index is -0.572. The Kier molecular flexibility index (Phi) is 3.84. The maximum Gasteiger partial charge on any atom is 0.517 e. The molecule has 9 heteroatoms. The molecule has 2 aliphatic rings. The van der Waals surface area contributed by atoms with Gasteiger partial charge in [-0.25, -0.2) is 4.98 Å². The van der Waals surface area contributed by atoms with Crippen LogP contribution in [-0.4, -0.2) is 56.3 Å². The molecule has 1 saturated heterocycles. The van der Waals surface area contributed by atoms with E-state index in [2.05, 4.69) is 9.97 Å². The van der Waals surface area contributed by atoms with E-state index in [1.54, 1.807) is 0 Å². The minimum Gasteiger partial charge on any atom is -0.337 e. The van der Waals surface area contributed by atoms with Gasteiger partial charge in [-0.2, -0.15) is 0 Å². The Bertz CT molecular complexity index is 904. The van der Waals surface area contributed by atoms with Crippen molar-refractivity contribution in [2.24, 2.45) is 0 Å². The van der Waals surface area contributed by atoms with Gasteiger partial charge in [0.1, 0.15) is 4.83 Å². The van der Waals surface area contributed by atoms with Crippen LogP contribution in [0.5, 0.6) is 0 Å². The Balaban J connectivity index is 1.73. The molecule has 1 aliphatic carbocycles. The zero-order valence-electron chi connectivity index (χ0n) is 13.0. The molecule has 126 valence electrons. The topological polar surface area (TPSA) is 96.7 Å². The maximum atomic E-state index is 12.8. The van der Waals surface area contributed by atoms with Crippen LogP contribution in [0.4, 0.5) is 0 Å². The largest absolute Gasteiger partial charge is 0.517 e. The number of hydrogen-bond donors (Lipinski definition) is 1. The SMILES string of the molecule is COC(=[OH+])C1SCCN1C(=O)c1nc2sc3c(c2c(=O)[nH]1)CCC3. The first-order chi connectivity index (χ1) is 11.6. The van der Waals surface area contributed by atoms with Crippen molar-refractivity contribution in [2.45, 2.75) is 24.6 Å². The molecular weight excluding hydrogens is 350 g/mol. The number of fused-ring (bicyclic) bond motifs is 3. The summed E-state index contributed by atoms with van der Waals surface area (Å²) >= 11 is 2.91. The molecule has 1 aliphatic heterocycles. The molecule has 24 heavy (non-hydrogen) atoms. The van der Waals surface area contributed by atoms with Crippen LogP contribution in [0.3, 0.4) is 0 Å². The summed E-state index contributed by atoms with van der Waals surface area (Å²) in [7, 11) is 1.36. The summed E-state index contributed by atoms with van der Waals surface area (Å²) in [5, 5.41) is 0.0551. The molecule has 0 bridgehead atoms. The highest BCUT2D eigenvalue weighted by Gasteiger charge is 2.41. The first-order valence-corrected chi connectivity index (χ1v) is 9.53. The highest BCUT2D eigenvalue weighted by molar-refractivity contribution is 8.00. The number of aryl methyl sites for hydroxylation is 2. The fourth-order valence-electron chi connectivity index (χ4n) is 3.22. The van der Waals surface area contributed by atoms with E-state index in [0.717, 1.165) is 24.8 Å². The first-order valence-electron chi connectivity index (χ1n) is 7.67. The van der Waals surface area contributed by atoms with Crippen LogP contribution in [0.2, 0.25) is 0 Å². The normalized spacial score (nSPS) is 19.7. The molecule has 1 fully saturated rings. The standard InChI is InChI=1S/C15H15N3O4S2/c1-22-15(21)14-18(5-6-23-14)13(20)10-16-11(19)9-7-3-2-4-8(7)24-12(9)17-10/h14H,2-6H2,1H3,(H,16,17,19)/p+1. The molecule has 1 amide bonds. The van der Waals surface area contributed by atoms with E-state index in [0.29, 0.717) is 22.5 Å². The van der Waals surface area contributed by atoms with Gasteiger partial charge in [0.15, 0.2) is 7.11 Å². The van der Waals surface area contributed by atoms with E-state index in [1.807, 2.05) is 0 Å². The Morgan fingerprint density at radius 2 is 2.29 bits per heavy atom. The van der Waals surface area contributed by atoms with Gasteiger partial charge in [-0.15, -0.1) is 23.1 Å². The summed E-state index contributed by atoms with van der Waals surface area (Å²) in [4.78, 5) is 45.4. The lowest BCUT2D eigenvalue weighted by molar-refractivity contribution is 0.0759. The first kappa shape index (κ1) is 15.6. The quantitative estimate of drug-likeness (QED) is 0.635. The Labute approximate surface area is 145 Å². The zero-order valence-corrected chi connectivity index (χ0v) is 14.6. The summed E-state index contributed by atoms with van der Waals surface area (Å²) in [5.74, 6) is 0.0817. The average molecular weight is 366 g/mol. The van der Waals surface area contributed by atoms with Gasteiger partial charge in [-0.05, 0) is 24.8 Å². The van der Waals surface area contributed by atoms with Crippen molar-refractivity contribution in [2.75, 3.05) is 19.4 Å². The Morgan fingerprint density at radius 3 is 3.08 bits per heavy atom. The van der Waals surface area contributed by atoms with Gasteiger partial charge >= 0.3 is 5.97 Å². The molecule has 2 aromatic rings.